The van der Waals surface area contributed by atoms with E-state index in [9.17, 15) is 23.3 Å². The van der Waals surface area contributed by atoms with Gasteiger partial charge in [-0.3, -0.25) is 28.0 Å². The van der Waals surface area contributed by atoms with Gasteiger partial charge in [-0.2, -0.15) is 0 Å². The van der Waals surface area contributed by atoms with E-state index in [0.29, 0.717) is 16.0 Å². The molecule has 0 radical (unpaired) electrons. The van der Waals surface area contributed by atoms with Crippen LogP contribution < -0.4 is 5.32 Å². The van der Waals surface area contributed by atoms with Gasteiger partial charge in [0.2, 0.25) is 19.5 Å². The Morgan fingerprint density at radius 1 is 0.955 bits per heavy atom. The van der Waals surface area contributed by atoms with Crippen LogP contribution in [-0.4, -0.2) is 31.4 Å². The zero-order valence-electron chi connectivity index (χ0n) is 24.9. The standard InChI is InChI=1S/C30H33Cl2FNO8PS/c1-29(2,3)27(36)39-16-41-43(38,42-17-40-28(37)30(4,5)6)25(21-15-44-24-10-8-19(31)14-20(21)24)26(35)34-12-11-18-7-9-23(33)22(32)13-18/h7-15,25H,16-17H2,1-6H3,(H,34,35). The highest BCUT2D eigenvalue weighted by Crippen LogP contribution is 2.62. The van der Waals surface area contributed by atoms with Gasteiger partial charge >= 0.3 is 19.5 Å². The molecule has 0 fully saturated rings. The van der Waals surface area contributed by atoms with Gasteiger partial charge in [0.1, 0.15) is 5.82 Å². The second-order valence-corrected chi connectivity index (χ2v) is 15.5. The van der Waals surface area contributed by atoms with Crippen LogP contribution in [0.4, 0.5) is 4.39 Å². The van der Waals surface area contributed by atoms with E-state index < -0.39 is 61.3 Å². The van der Waals surface area contributed by atoms with Crippen LogP contribution >= 0.6 is 42.1 Å². The van der Waals surface area contributed by atoms with Gasteiger partial charge in [0, 0.05) is 15.9 Å². The van der Waals surface area contributed by atoms with Gasteiger partial charge in [0.15, 0.2) is 5.66 Å². The molecule has 44 heavy (non-hydrogen) atoms. The molecule has 9 nitrogen and oxygen atoms in total. The summed E-state index contributed by atoms with van der Waals surface area (Å²) in [5.74, 6) is -2.75. The molecule has 0 aliphatic heterocycles. The minimum absolute atomic E-state index is 0.112. The van der Waals surface area contributed by atoms with Gasteiger partial charge in [-0.05, 0) is 99.8 Å². The van der Waals surface area contributed by atoms with E-state index in [2.05, 4.69) is 5.32 Å². The van der Waals surface area contributed by atoms with Crippen molar-refractivity contribution in [3.63, 3.8) is 0 Å². The summed E-state index contributed by atoms with van der Waals surface area (Å²) in [5, 5.41) is 4.91. The Kier molecular flexibility index (Phi) is 11.8. The molecule has 0 spiro atoms. The average molecular weight is 689 g/mol. The molecular formula is C30H33Cl2FNO8PS. The van der Waals surface area contributed by atoms with Crippen molar-refractivity contribution in [1.29, 1.82) is 0 Å². The normalized spacial score (nSPS) is 13.2. The van der Waals surface area contributed by atoms with Crippen molar-refractivity contribution in [3.8, 4) is 0 Å². The number of esters is 2. The second-order valence-electron chi connectivity index (χ2n) is 11.6. The molecule has 0 bridgehead atoms. The van der Waals surface area contributed by atoms with E-state index in [1.54, 1.807) is 65.1 Å². The van der Waals surface area contributed by atoms with Crippen molar-refractivity contribution in [2.45, 2.75) is 47.2 Å². The smallest absolute Gasteiger partial charge is 0.353 e. The molecule has 0 saturated carbocycles. The molecule has 1 amide bonds. The number of carbonyl (C=O) groups is 3. The Hall–Kier alpha value is -2.79. The highest BCUT2D eigenvalue weighted by Gasteiger charge is 2.45. The van der Waals surface area contributed by atoms with E-state index in [1.807, 2.05) is 0 Å². The third kappa shape index (κ3) is 9.36. The van der Waals surface area contributed by atoms with Crippen LogP contribution in [0.1, 0.15) is 58.3 Å². The summed E-state index contributed by atoms with van der Waals surface area (Å²) < 4.78 is 50.3. The predicted molar refractivity (Wildman–Crippen MR) is 169 cm³/mol. The fourth-order valence-electron chi connectivity index (χ4n) is 3.53. The number of hydrogen-bond donors (Lipinski definition) is 1. The third-order valence-electron chi connectivity index (χ3n) is 5.94. The van der Waals surface area contributed by atoms with Gasteiger partial charge in [-0.1, -0.05) is 29.3 Å². The number of amides is 1. The van der Waals surface area contributed by atoms with Crippen LogP contribution in [0.2, 0.25) is 10.0 Å². The summed E-state index contributed by atoms with van der Waals surface area (Å²) in [6.45, 7) is 8.08. The maximum atomic E-state index is 14.6. The lowest BCUT2D eigenvalue weighted by Gasteiger charge is -2.27. The Labute approximate surface area is 269 Å². The Balaban J connectivity index is 2.02. The van der Waals surface area contributed by atoms with Crippen molar-refractivity contribution in [2.24, 2.45) is 10.8 Å². The molecule has 238 valence electrons. The fraction of sp³-hybridized carbons (Fsp3) is 0.367. The Morgan fingerprint density at radius 3 is 2.09 bits per heavy atom. The lowest BCUT2D eigenvalue weighted by atomic mass is 9.98. The number of nitrogens with one attached hydrogen (secondary N) is 1. The molecule has 0 aliphatic carbocycles. The van der Waals surface area contributed by atoms with E-state index >= 15 is 0 Å². The van der Waals surface area contributed by atoms with Crippen LogP contribution in [0.3, 0.4) is 0 Å². The lowest BCUT2D eigenvalue weighted by molar-refractivity contribution is -0.162. The van der Waals surface area contributed by atoms with Crippen LogP contribution in [0.25, 0.3) is 16.2 Å². The zero-order valence-corrected chi connectivity index (χ0v) is 28.2. The molecule has 0 saturated heterocycles. The molecule has 1 aromatic heterocycles. The Bertz CT molecular complexity index is 1580. The quantitative estimate of drug-likeness (QED) is 0.121. The van der Waals surface area contributed by atoms with Crippen molar-refractivity contribution in [1.82, 2.24) is 5.32 Å². The average Bonchev–Trinajstić information content (AvgIpc) is 3.32. The SMILES string of the molecule is CC(C)(C)C(=O)OCOP(=O)(OCOC(=O)C(C)(C)C)C(C(=O)NC=Cc1ccc(F)c(Cl)c1)c1csc2ccc(Cl)cc12. The molecular weight excluding hydrogens is 655 g/mol. The van der Waals surface area contributed by atoms with Gasteiger partial charge < -0.3 is 14.8 Å². The van der Waals surface area contributed by atoms with Gasteiger partial charge in [-0.15, -0.1) is 11.3 Å². The van der Waals surface area contributed by atoms with E-state index in [1.165, 1.54) is 41.8 Å². The van der Waals surface area contributed by atoms with Crippen LogP contribution in [0.15, 0.2) is 48.0 Å². The van der Waals surface area contributed by atoms with E-state index in [-0.39, 0.29) is 10.6 Å². The topological polar surface area (TPSA) is 117 Å². The minimum atomic E-state index is -4.64. The molecule has 1 heterocycles. The second kappa shape index (κ2) is 14.5. The highest BCUT2D eigenvalue weighted by atomic mass is 35.5. The lowest BCUT2D eigenvalue weighted by Crippen LogP contribution is -2.29. The van der Waals surface area contributed by atoms with Crippen molar-refractivity contribution in [3.05, 3.63) is 75.0 Å². The molecule has 3 aromatic rings. The maximum Gasteiger partial charge on any atom is 0.353 e. The summed E-state index contributed by atoms with van der Waals surface area (Å²) in [5.41, 5.74) is -2.73. The molecule has 1 N–H and O–H groups in total. The zero-order chi connectivity index (χ0) is 32.9. The number of hydrogen-bond acceptors (Lipinski definition) is 9. The minimum Gasteiger partial charge on any atom is -0.438 e. The number of halogens is 3. The molecule has 2 aromatic carbocycles. The third-order valence-corrected chi connectivity index (χ3v) is 9.52. The number of fused-ring (bicyclic) bond motifs is 1. The first-order valence-corrected chi connectivity index (χ1v) is 16.5. The molecule has 1 atom stereocenters. The first-order valence-electron chi connectivity index (χ1n) is 13.2. The first-order chi connectivity index (χ1) is 20.4. The van der Waals surface area contributed by atoms with E-state index in [0.717, 1.165) is 4.70 Å². The van der Waals surface area contributed by atoms with Crippen molar-refractivity contribution in [2.75, 3.05) is 13.6 Å². The maximum absolute atomic E-state index is 14.6. The fourth-order valence-corrected chi connectivity index (χ4v) is 6.65. The number of carbonyl (C=O) groups excluding carboxylic acids is 3. The molecule has 14 heteroatoms. The summed E-state index contributed by atoms with van der Waals surface area (Å²) in [6, 6.07) is 8.97. The number of ether oxygens (including phenoxy) is 2. The largest absolute Gasteiger partial charge is 0.438 e. The first kappa shape index (κ1) is 35.7. The Morgan fingerprint density at radius 2 is 1.55 bits per heavy atom. The summed E-state index contributed by atoms with van der Waals surface area (Å²) in [7, 11) is -4.64. The van der Waals surface area contributed by atoms with Crippen LogP contribution in [-0.2, 0) is 37.5 Å². The molecule has 1 unspecified atom stereocenters. The number of thiophene rings is 1. The monoisotopic (exact) mass is 687 g/mol. The van der Waals surface area contributed by atoms with Crippen LogP contribution in [0, 0.1) is 16.6 Å². The predicted octanol–water partition coefficient (Wildman–Crippen LogP) is 8.50. The summed E-state index contributed by atoms with van der Waals surface area (Å²) >= 11 is 13.4. The molecule has 3 rings (SSSR count). The van der Waals surface area contributed by atoms with Gasteiger partial charge in [-0.25, -0.2) is 4.39 Å². The van der Waals surface area contributed by atoms with Crippen LogP contribution in [0.5, 0.6) is 0 Å². The number of rotatable bonds is 11. The summed E-state index contributed by atoms with van der Waals surface area (Å²) in [4.78, 5) is 38.6. The number of benzene rings is 2. The summed E-state index contributed by atoms with van der Waals surface area (Å²) in [6.07, 6.45) is 2.70. The van der Waals surface area contributed by atoms with Gasteiger partial charge in [0.25, 0.3) is 0 Å². The van der Waals surface area contributed by atoms with Gasteiger partial charge in [0.05, 0.1) is 15.9 Å². The molecule has 0 aliphatic rings. The highest BCUT2D eigenvalue weighted by molar-refractivity contribution is 7.55. The van der Waals surface area contributed by atoms with E-state index in [4.69, 9.17) is 41.7 Å². The van der Waals surface area contributed by atoms with Crippen molar-refractivity contribution < 1.29 is 41.9 Å². The van der Waals surface area contributed by atoms with Crippen molar-refractivity contribution >= 4 is 76.1 Å².